The van der Waals surface area contributed by atoms with Crippen molar-refractivity contribution in [1.82, 2.24) is 5.32 Å². The molecule has 0 saturated heterocycles. The molecule has 2 nitrogen and oxygen atoms in total. The Morgan fingerprint density at radius 2 is 2.18 bits per heavy atom. The van der Waals surface area contributed by atoms with Crippen LogP contribution in [0.2, 0.25) is 0 Å². The maximum Gasteiger partial charge on any atom is 0.0518 e. The van der Waals surface area contributed by atoms with Crippen LogP contribution in [0.25, 0.3) is 0 Å². The van der Waals surface area contributed by atoms with Crippen molar-refractivity contribution in [2.24, 2.45) is 0 Å². The van der Waals surface area contributed by atoms with E-state index in [0.717, 1.165) is 26.1 Å². The van der Waals surface area contributed by atoms with Gasteiger partial charge in [0, 0.05) is 27.4 Å². The van der Waals surface area contributed by atoms with Gasteiger partial charge in [-0.2, -0.15) is 0 Å². The zero-order valence-corrected chi connectivity index (χ0v) is 13.3. The van der Waals surface area contributed by atoms with E-state index in [1.807, 2.05) is 11.3 Å². The second-order valence-corrected chi connectivity index (χ2v) is 6.62. The molecule has 0 aliphatic heterocycles. The zero-order chi connectivity index (χ0) is 12.7. The van der Waals surface area contributed by atoms with E-state index in [-0.39, 0.29) is 0 Å². The predicted molar refractivity (Wildman–Crippen MR) is 78.8 cm³/mol. The molecule has 0 aliphatic rings. The van der Waals surface area contributed by atoms with Crippen LogP contribution in [0.3, 0.4) is 0 Å². The van der Waals surface area contributed by atoms with Gasteiger partial charge in [-0.3, -0.25) is 0 Å². The van der Waals surface area contributed by atoms with Crippen molar-refractivity contribution in [3.8, 4) is 0 Å². The summed E-state index contributed by atoms with van der Waals surface area (Å²) in [5, 5.41) is 3.46. The molecule has 0 spiro atoms. The minimum Gasteiger partial charge on any atom is -0.379 e. The highest BCUT2D eigenvalue weighted by Gasteiger charge is 2.01. The second kappa shape index (κ2) is 8.25. The lowest BCUT2D eigenvalue weighted by molar-refractivity contribution is 0.0760. The molecule has 98 valence electrons. The van der Waals surface area contributed by atoms with Crippen LogP contribution >= 0.6 is 27.3 Å². The molecule has 0 bridgehead atoms. The van der Waals surface area contributed by atoms with Crippen LogP contribution in [0.5, 0.6) is 0 Å². The van der Waals surface area contributed by atoms with E-state index in [2.05, 4.69) is 48.1 Å². The summed E-state index contributed by atoms with van der Waals surface area (Å²) in [7, 11) is 0. The monoisotopic (exact) mass is 319 g/mol. The van der Waals surface area contributed by atoms with Gasteiger partial charge in [0.15, 0.2) is 0 Å². The van der Waals surface area contributed by atoms with Crippen molar-refractivity contribution in [1.29, 1.82) is 0 Å². The summed E-state index contributed by atoms with van der Waals surface area (Å²) in [5.74, 6) is 0. The normalized spacial score (nSPS) is 11.4. The summed E-state index contributed by atoms with van der Waals surface area (Å²) < 4.78 is 6.72. The maximum absolute atomic E-state index is 5.49. The Labute approximate surface area is 117 Å². The molecule has 1 N–H and O–H groups in total. The number of ether oxygens (including phenoxy) is 1. The molecular weight excluding hydrogens is 298 g/mol. The highest BCUT2D eigenvalue weighted by Crippen LogP contribution is 2.25. The summed E-state index contributed by atoms with van der Waals surface area (Å²) in [6.45, 7) is 9.22. The van der Waals surface area contributed by atoms with Crippen molar-refractivity contribution < 1.29 is 4.74 Å². The lowest BCUT2D eigenvalue weighted by atomic mass is 10.3. The topological polar surface area (TPSA) is 21.3 Å². The molecular formula is C13H22BrNOS. The lowest BCUT2D eigenvalue weighted by Gasteiger charge is -2.07. The van der Waals surface area contributed by atoms with Crippen molar-refractivity contribution in [2.75, 3.05) is 13.2 Å². The average Bonchev–Trinajstić information content (AvgIpc) is 2.56. The fraction of sp³-hybridized carbons (Fsp3) is 0.692. The van der Waals surface area contributed by atoms with Crippen LogP contribution in [0, 0.1) is 6.92 Å². The predicted octanol–water partition coefficient (Wildman–Crippen LogP) is 4.11. The van der Waals surface area contributed by atoms with E-state index >= 15 is 0 Å². The Bertz CT molecular complexity index is 306. The first-order valence-electron chi connectivity index (χ1n) is 6.16. The number of hydrogen-bond acceptors (Lipinski definition) is 3. The van der Waals surface area contributed by atoms with Gasteiger partial charge in [-0.25, -0.2) is 0 Å². The van der Waals surface area contributed by atoms with Crippen LogP contribution in [0.1, 0.15) is 36.4 Å². The smallest absolute Gasteiger partial charge is 0.0518 e. The minimum atomic E-state index is 0.356. The highest BCUT2D eigenvalue weighted by molar-refractivity contribution is 9.10. The Hall–Kier alpha value is 0.100. The summed E-state index contributed by atoms with van der Waals surface area (Å²) >= 11 is 5.39. The molecule has 1 heterocycles. The van der Waals surface area contributed by atoms with Gasteiger partial charge in [0.05, 0.1) is 6.10 Å². The number of thiophene rings is 1. The number of nitrogens with one attached hydrogen (secondary N) is 1. The third-order valence-corrected chi connectivity index (χ3v) is 4.54. The number of halogens is 1. The van der Waals surface area contributed by atoms with Crippen LogP contribution in [0.15, 0.2) is 10.5 Å². The fourth-order valence-electron chi connectivity index (χ4n) is 1.49. The standard InChI is InChI=1S/C13H22BrNOS/c1-10(2)16-7-5-4-6-15-9-12-8-13(14)11(3)17-12/h8,10,15H,4-7,9H2,1-3H3. The van der Waals surface area contributed by atoms with Crippen LogP contribution in [0.4, 0.5) is 0 Å². The van der Waals surface area contributed by atoms with Gasteiger partial charge < -0.3 is 10.1 Å². The summed E-state index contributed by atoms with van der Waals surface area (Å²) in [4.78, 5) is 2.75. The average molecular weight is 320 g/mol. The first-order chi connectivity index (χ1) is 8.09. The van der Waals surface area contributed by atoms with Gasteiger partial charge in [-0.1, -0.05) is 0 Å². The Morgan fingerprint density at radius 1 is 1.41 bits per heavy atom. The molecule has 0 fully saturated rings. The highest BCUT2D eigenvalue weighted by atomic mass is 79.9. The fourth-order valence-corrected chi connectivity index (χ4v) is 3.06. The molecule has 0 aliphatic carbocycles. The van der Waals surface area contributed by atoms with Crippen molar-refractivity contribution in [3.63, 3.8) is 0 Å². The van der Waals surface area contributed by atoms with E-state index in [1.165, 1.54) is 20.6 Å². The first-order valence-corrected chi connectivity index (χ1v) is 7.77. The van der Waals surface area contributed by atoms with Gasteiger partial charge in [-0.05, 0) is 62.2 Å². The molecule has 1 rings (SSSR count). The Morgan fingerprint density at radius 3 is 2.76 bits per heavy atom. The van der Waals surface area contributed by atoms with Crippen LogP contribution < -0.4 is 5.32 Å². The Balaban J connectivity index is 2.01. The Kier molecular flexibility index (Phi) is 7.35. The van der Waals surface area contributed by atoms with E-state index in [1.54, 1.807) is 0 Å². The number of rotatable bonds is 8. The molecule has 17 heavy (non-hydrogen) atoms. The largest absolute Gasteiger partial charge is 0.379 e. The van der Waals surface area contributed by atoms with Gasteiger partial charge in [-0.15, -0.1) is 11.3 Å². The summed E-state index contributed by atoms with van der Waals surface area (Å²) in [5.41, 5.74) is 0. The maximum atomic E-state index is 5.49. The molecule has 1 aromatic rings. The van der Waals surface area contributed by atoms with Gasteiger partial charge in [0.1, 0.15) is 0 Å². The zero-order valence-electron chi connectivity index (χ0n) is 10.9. The number of hydrogen-bond donors (Lipinski definition) is 1. The van der Waals surface area contributed by atoms with E-state index in [9.17, 15) is 0 Å². The van der Waals surface area contributed by atoms with Crippen LogP contribution in [-0.2, 0) is 11.3 Å². The molecule has 0 aromatic carbocycles. The van der Waals surface area contributed by atoms with E-state index in [0.29, 0.717) is 6.10 Å². The van der Waals surface area contributed by atoms with Gasteiger partial charge in [0.2, 0.25) is 0 Å². The van der Waals surface area contributed by atoms with Crippen molar-refractivity contribution >= 4 is 27.3 Å². The third kappa shape index (κ3) is 6.55. The summed E-state index contributed by atoms with van der Waals surface area (Å²) in [6.07, 6.45) is 2.67. The van der Waals surface area contributed by atoms with Crippen LogP contribution in [-0.4, -0.2) is 19.3 Å². The number of aryl methyl sites for hydroxylation is 1. The first kappa shape index (κ1) is 15.2. The summed E-state index contributed by atoms with van der Waals surface area (Å²) in [6, 6.07) is 2.20. The molecule has 0 radical (unpaired) electrons. The van der Waals surface area contributed by atoms with Gasteiger partial charge >= 0.3 is 0 Å². The molecule has 1 aromatic heterocycles. The second-order valence-electron chi connectivity index (χ2n) is 4.42. The lowest BCUT2D eigenvalue weighted by Crippen LogP contribution is -2.14. The minimum absolute atomic E-state index is 0.356. The van der Waals surface area contributed by atoms with E-state index in [4.69, 9.17) is 4.74 Å². The van der Waals surface area contributed by atoms with Crippen molar-refractivity contribution in [2.45, 2.75) is 46.3 Å². The molecule has 0 atom stereocenters. The SMILES string of the molecule is Cc1sc(CNCCCCOC(C)C)cc1Br. The molecule has 0 unspecified atom stereocenters. The van der Waals surface area contributed by atoms with Gasteiger partial charge in [0.25, 0.3) is 0 Å². The van der Waals surface area contributed by atoms with Crippen molar-refractivity contribution in [3.05, 3.63) is 20.3 Å². The number of unbranched alkanes of at least 4 members (excludes halogenated alkanes) is 1. The third-order valence-electron chi connectivity index (χ3n) is 2.41. The molecule has 4 heteroatoms. The molecule has 0 amide bonds. The van der Waals surface area contributed by atoms with E-state index < -0.39 is 0 Å². The molecule has 0 saturated carbocycles. The quantitative estimate of drug-likeness (QED) is 0.728.